The van der Waals surface area contributed by atoms with E-state index >= 15 is 0 Å². The zero-order valence-corrected chi connectivity index (χ0v) is 12.2. The van der Waals surface area contributed by atoms with E-state index in [0.717, 1.165) is 11.3 Å². The minimum Gasteiger partial charge on any atom is -0.465 e. The van der Waals surface area contributed by atoms with E-state index in [2.05, 4.69) is 4.74 Å². The lowest BCUT2D eigenvalue weighted by molar-refractivity contribution is -0.117. The monoisotopic (exact) mass is 323 g/mol. The van der Waals surface area contributed by atoms with Crippen LogP contribution < -0.4 is 4.90 Å². The third-order valence-electron chi connectivity index (χ3n) is 2.77. The first-order chi connectivity index (χ1) is 8.82. The largest absolute Gasteiger partial charge is 0.465 e. The normalized spacial score (nSPS) is 19.8. The molecule has 104 valence electrons. The molecule has 1 saturated heterocycles. The molecule has 0 radical (unpaired) electrons. The number of hydrogen-bond donors (Lipinski definition) is 0. The molecule has 0 aromatic carbocycles. The van der Waals surface area contributed by atoms with E-state index < -0.39 is 20.3 Å². The number of thiophene rings is 1. The second-order valence-corrected chi connectivity index (χ2v) is 7.79. The molecule has 1 unspecified atom stereocenters. The molecule has 1 aliphatic heterocycles. The van der Waals surface area contributed by atoms with E-state index in [1.54, 1.807) is 5.38 Å². The van der Waals surface area contributed by atoms with E-state index in [4.69, 9.17) is 10.7 Å². The Bertz CT molecular complexity index is 624. The van der Waals surface area contributed by atoms with Crippen molar-refractivity contribution in [3.05, 3.63) is 16.3 Å². The molecule has 0 saturated carbocycles. The highest BCUT2D eigenvalue weighted by Gasteiger charge is 2.38. The first-order valence-electron chi connectivity index (χ1n) is 5.23. The molecule has 1 aliphatic rings. The number of hydrogen-bond acceptors (Lipinski definition) is 6. The van der Waals surface area contributed by atoms with Crippen LogP contribution in [0.15, 0.2) is 11.4 Å². The Morgan fingerprint density at radius 1 is 1.58 bits per heavy atom. The van der Waals surface area contributed by atoms with Crippen LogP contribution in [-0.2, 0) is 18.6 Å². The van der Waals surface area contributed by atoms with Gasteiger partial charge in [0.25, 0.3) is 0 Å². The first kappa shape index (κ1) is 14.3. The second kappa shape index (κ2) is 5.10. The molecular weight excluding hydrogens is 314 g/mol. The average molecular weight is 324 g/mol. The first-order valence-corrected chi connectivity index (χ1v) is 8.49. The molecule has 1 aromatic rings. The van der Waals surface area contributed by atoms with Crippen molar-refractivity contribution in [2.75, 3.05) is 18.6 Å². The smallest absolute Gasteiger partial charge is 0.348 e. The van der Waals surface area contributed by atoms with Gasteiger partial charge in [-0.25, -0.2) is 13.2 Å². The molecule has 1 fully saturated rings. The Balaban J connectivity index is 2.21. The summed E-state index contributed by atoms with van der Waals surface area (Å²) in [5.74, 6) is -0.826. The Morgan fingerprint density at radius 3 is 2.79 bits per heavy atom. The standard InChI is InChI=1S/C10H10ClNO5S2/c1-17-10(14)8-2-6(5-18-8)12-4-7(3-9(12)13)19(11,15)16/h2,5,7H,3-4H2,1H3. The average Bonchev–Trinajstić information content (AvgIpc) is 2.93. The molecule has 19 heavy (non-hydrogen) atoms. The second-order valence-electron chi connectivity index (χ2n) is 3.97. The van der Waals surface area contributed by atoms with E-state index in [1.807, 2.05) is 0 Å². The van der Waals surface area contributed by atoms with Gasteiger partial charge in [-0.05, 0) is 6.07 Å². The van der Waals surface area contributed by atoms with Crippen LogP contribution in [0.4, 0.5) is 5.69 Å². The maximum Gasteiger partial charge on any atom is 0.348 e. The summed E-state index contributed by atoms with van der Waals surface area (Å²) >= 11 is 1.13. The summed E-state index contributed by atoms with van der Waals surface area (Å²) in [5, 5.41) is 0.691. The number of halogens is 1. The van der Waals surface area contributed by atoms with Crippen LogP contribution in [-0.4, -0.2) is 39.2 Å². The SMILES string of the molecule is COC(=O)c1cc(N2CC(S(=O)(=O)Cl)CC2=O)cs1. The molecule has 0 N–H and O–H groups in total. The van der Waals surface area contributed by atoms with Crippen molar-refractivity contribution in [3.63, 3.8) is 0 Å². The minimum atomic E-state index is -3.77. The third kappa shape index (κ3) is 2.90. The Labute approximate surface area is 118 Å². The number of esters is 1. The summed E-state index contributed by atoms with van der Waals surface area (Å²) in [5.41, 5.74) is 0.484. The van der Waals surface area contributed by atoms with E-state index in [1.165, 1.54) is 18.1 Å². The molecule has 1 amide bonds. The Kier molecular flexibility index (Phi) is 3.84. The predicted molar refractivity (Wildman–Crippen MR) is 71.2 cm³/mol. The summed E-state index contributed by atoms with van der Waals surface area (Å²) in [6, 6.07) is 1.50. The molecule has 6 nitrogen and oxygen atoms in total. The van der Waals surface area contributed by atoms with Crippen molar-refractivity contribution in [2.45, 2.75) is 11.7 Å². The number of methoxy groups -OCH3 is 1. The lowest BCUT2D eigenvalue weighted by Crippen LogP contribution is -2.26. The van der Waals surface area contributed by atoms with Gasteiger partial charge in [-0.3, -0.25) is 4.79 Å². The zero-order chi connectivity index (χ0) is 14.2. The topological polar surface area (TPSA) is 80.8 Å². The number of rotatable bonds is 3. The minimum absolute atomic E-state index is 0.00200. The maximum atomic E-state index is 11.8. The Hall–Kier alpha value is -1.12. The fourth-order valence-corrected chi connectivity index (χ4v) is 3.63. The van der Waals surface area contributed by atoms with Crippen LogP contribution in [0.3, 0.4) is 0 Å². The summed E-state index contributed by atoms with van der Waals surface area (Å²) in [6.45, 7) is 0.00200. The predicted octanol–water partition coefficient (Wildman–Crippen LogP) is 1.21. The van der Waals surface area contributed by atoms with Crippen molar-refractivity contribution < 1.29 is 22.7 Å². The van der Waals surface area contributed by atoms with Crippen LogP contribution in [0.2, 0.25) is 0 Å². The summed E-state index contributed by atoms with van der Waals surface area (Å²) in [4.78, 5) is 24.7. The number of carbonyl (C=O) groups is 2. The third-order valence-corrected chi connectivity index (χ3v) is 5.54. The molecule has 9 heteroatoms. The number of nitrogens with zero attached hydrogens (tertiary/aromatic N) is 1. The van der Waals surface area contributed by atoms with E-state index in [0.29, 0.717) is 10.6 Å². The number of carbonyl (C=O) groups excluding carboxylic acids is 2. The number of ether oxygens (including phenoxy) is 1. The highest BCUT2D eigenvalue weighted by atomic mass is 35.7. The molecule has 0 bridgehead atoms. The molecule has 0 spiro atoms. The Morgan fingerprint density at radius 2 is 2.26 bits per heavy atom. The fourth-order valence-electron chi connectivity index (χ4n) is 1.79. The fraction of sp³-hybridized carbons (Fsp3) is 0.400. The van der Waals surface area contributed by atoms with Gasteiger partial charge in [0.05, 0.1) is 12.8 Å². The van der Waals surface area contributed by atoms with Gasteiger partial charge in [0, 0.05) is 29.0 Å². The molecule has 0 aliphatic carbocycles. The van der Waals surface area contributed by atoms with E-state index in [9.17, 15) is 18.0 Å². The van der Waals surface area contributed by atoms with Crippen LogP contribution in [0.5, 0.6) is 0 Å². The quantitative estimate of drug-likeness (QED) is 0.617. The van der Waals surface area contributed by atoms with Crippen LogP contribution in [0, 0.1) is 0 Å². The van der Waals surface area contributed by atoms with Crippen molar-refractivity contribution in [3.8, 4) is 0 Å². The molecule has 2 rings (SSSR count). The van der Waals surface area contributed by atoms with Crippen LogP contribution in [0.25, 0.3) is 0 Å². The van der Waals surface area contributed by atoms with Gasteiger partial charge >= 0.3 is 5.97 Å². The van der Waals surface area contributed by atoms with Gasteiger partial charge in [0.2, 0.25) is 15.0 Å². The lowest BCUT2D eigenvalue weighted by atomic mass is 10.4. The van der Waals surface area contributed by atoms with E-state index in [-0.39, 0.29) is 18.9 Å². The summed E-state index contributed by atoms with van der Waals surface area (Å²) < 4.78 is 27.0. The summed E-state index contributed by atoms with van der Waals surface area (Å²) in [6.07, 6.45) is -0.144. The highest BCUT2D eigenvalue weighted by Crippen LogP contribution is 2.30. The molecule has 1 atom stereocenters. The van der Waals surface area contributed by atoms with Gasteiger partial charge in [0.1, 0.15) is 10.1 Å². The maximum absolute atomic E-state index is 11.8. The van der Waals surface area contributed by atoms with Crippen molar-refractivity contribution in [2.24, 2.45) is 0 Å². The number of anilines is 1. The van der Waals surface area contributed by atoms with Crippen molar-refractivity contribution >= 4 is 48.6 Å². The highest BCUT2D eigenvalue weighted by molar-refractivity contribution is 8.14. The van der Waals surface area contributed by atoms with Crippen molar-refractivity contribution in [1.29, 1.82) is 0 Å². The van der Waals surface area contributed by atoms with Crippen molar-refractivity contribution in [1.82, 2.24) is 0 Å². The van der Waals surface area contributed by atoms with Gasteiger partial charge in [0.15, 0.2) is 0 Å². The summed E-state index contributed by atoms with van der Waals surface area (Å²) in [7, 11) is 2.75. The van der Waals surface area contributed by atoms with Crippen LogP contribution in [0.1, 0.15) is 16.1 Å². The van der Waals surface area contributed by atoms with Gasteiger partial charge in [-0.15, -0.1) is 11.3 Å². The molecular formula is C10H10ClNO5S2. The van der Waals surface area contributed by atoms with Gasteiger partial charge in [-0.1, -0.05) is 0 Å². The van der Waals surface area contributed by atoms with Gasteiger partial charge < -0.3 is 9.64 Å². The molecule has 1 aromatic heterocycles. The van der Waals surface area contributed by atoms with Gasteiger partial charge in [-0.2, -0.15) is 0 Å². The zero-order valence-electron chi connectivity index (χ0n) is 9.83. The van der Waals surface area contributed by atoms with Crippen LogP contribution >= 0.6 is 22.0 Å². The molecule has 2 heterocycles. The number of amides is 1. The lowest BCUT2D eigenvalue weighted by Gasteiger charge is -2.13.